The lowest BCUT2D eigenvalue weighted by atomic mass is 10.0. The molecule has 9 nitrogen and oxygen atoms in total. The molecule has 3 heterocycles. The Bertz CT molecular complexity index is 1150. The molecule has 0 N–H and O–H groups in total. The summed E-state index contributed by atoms with van der Waals surface area (Å²) in [6, 6.07) is 5.63. The van der Waals surface area contributed by atoms with E-state index in [4.69, 9.17) is 4.74 Å². The number of carbonyl (C=O) groups is 3. The fraction of sp³-hybridized carbons (Fsp3) is 0.417. The summed E-state index contributed by atoms with van der Waals surface area (Å²) in [5.74, 6) is -1.15. The standard InChI is InChI=1S/C24H25F3N4O5/c1-23(2)21(33)31(17-3-5-18(6-4-17)36-24(25,26)27)22(34)30(23)10-8-16-7-9-28-15-19(16)20(32)29-11-13-35-14-12-29/h3-7,9,15H,8,10-14H2,1-2H3. The van der Waals surface area contributed by atoms with Gasteiger partial charge in [-0.3, -0.25) is 14.6 Å². The highest BCUT2D eigenvalue weighted by atomic mass is 19.4. The van der Waals surface area contributed by atoms with E-state index in [2.05, 4.69) is 9.72 Å². The smallest absolute Gasteiger partial charge is 0.406 e. The Balaban J connectivity index is 1.51. The van der Waals surface area contributed by atoms with E-state index in [0.717, 1.165) is 17.0 Å². The molecule has 0 spiro atoms. The number of rotatable bonds is 6. The van der Waals surface area contributed by atoms with Gasteiger partial charge in [-0.1, -0.05) is 0 Å². The summed E-state index contributed by atoms with van der Waals surface area (Å²) in [7, 11) is 0. The maximum absolute atomic E-state index is 13.3. The van der Waals surface area contributed by atoms with Crippen molar-refractivity contribution in [2.45, 2.75) is 32.2 Å². The Kier molecular flexibility index (Phi) is 6.90. The number of hydrogen-bond donors (Lipinski definition) is 0. The molecule has 1 aromatic carbocycles. The van der Waals surface area contributed by atoms with Gasteiger partial charge < -0.3 is 19.3 Å². The lowest BCUT2D eigenvalue weighted by molar-refractivity contribution is -0.274. The molecule has 0 radical (unpaired) electrons. The maximum Gasteiger partial charge on any atom is 0.573 e. The first-order valence-electron chi connectivity index (χ1n) is 11.3. The number of carbonyl (C=O) groups excluding carboxylic acids is 3. The third-order valence-corrected chi connectivity index (χ3v) is 6.20. The van der Waals surface area contributed by atoms with Crippen molar-refractivity contribution in [1.29, 1.82) is 0 Å². The average Bonchev–Trinajstić information content (AvgIpc) is 3.01. The first kappa shape index (κ1) is 25.4. The first-order chi connectivity index (χ1) is 17.0. The van der Waals surface area contributed by atoms with E-state index in [1.807, 2.05) is 0 Å². The Morgan fingerprint density at radius 3 is 2.42 bits per heavy atom. The number of imide groups is 1. The minimum Gasteiger partial charge on any atom is -0.406 e. The van der Waals surface area contributed by atoms with Crippen LogP contribution in [0.1, 0.15) is 29.8 Å². The third kappa shape index (κ3) is 5.13. The maximum atomic E-state index is 13.3. The molecule has 4 rings (SSSR count). The zero-order chi connectivity index (χ0) is 26.1. The van der Waals surface area contributed by atoms with Gasteiger partial charge >= 0.3 is 12.4 Å². The normalized spacial score (nSPS) is 18.1. The number of pyridine rings is 1. The highest BCUT2D eigenvalue weighted by Gasteiger charge is 2.51. The molecule has 0 bridgehead atoms. The number of anilines is 1. The molecular formula is C24H25F3N4O5. The molecule has 0 unspecified atom stereocenters. The van der Waals surface area contributed by atoms with Crippen molar-refractivity contribution in [2.24, 2.45) is 0 Å². The summed E-state index contributed by atoms with van der Waals surface area (Å²) in [4.78, 5) is 47.5. The van der Waals surface area contributed by atoms with Crippen molar-refractivity contribution >= 4 is 23.5 Å². The molecular weight excluding hydrogens is 481 g/mol. The largest absolute Gasteiger partial charge is 0.573 e. The van der Waals surface area contributed by atoms with Gasteiger partial charge in [0.05, 0.1) is 24.5 Å². The number of halogens is 3. The molecule has 192 valence electrons. The second-order valence-electron chi connectivity index (χ2n) is 8.86. The van der Waals surface area contributed by atoms with Crippen LogP contribution in [0.5, 0.6) is 5.75 Å². The van der Waals surface area contributed by atoms with Gasteiger partial charge in [0.1, 0.15) is 11.3 Å². The van der Waals surface area contributed by atoms with Gasteiger partial charge in [0.2, 0.25) is 0 Å². The van der Waals surface area contributed by atoms with E-state index < -0.39 is 29.6 Å². The number of amides is 4. The van der Waals surface area contributed by atoms with Crippen molar-refractivity contribution in [3.05, 3.63) is 53.9 Å². The van der Waals surface area contributed by atoms with Crippen molar-refractivity contribution in [1.82, 2.24) is 14.8 Å². The summed E-state index contributed by atoms with van der Waals surface area (Å²) in [6.45, 7) is 5.19. The molecule has 36 heavy (non-hydrogen) atoms. The molecule has 0 saturated carbocycles. The van der Waals surface area contributed by atoms with E-state index in [1.54, 1.807) is 31.0 Å². The van der Waals surface area contributed by atoms with Crippen LogP contribution < -0.4 is 9.64 Å². The van der Waals surface area contributed by atoms with Crippen LogP contribution in [0.4, 0.5) is 23.7 Å². The number of alkyl halides is 3. The number of urea groups is 1. The predicted molar refractivity (Wildman–Crippen MR) is 121 cm³/mol. The zero-order valence-electron chi connectivity index (χ0n) is 19.7. The molecule has 2 fully saturated rings. The van der Waals surface area contributed by atoms with Crippen LogP contribution in [0, 0.1) is 0 Å². The Hall–Kier alpha value is -3.67. The molecule has 0 atom stereocenters. The molecule has 2 saturated heterocycles. The van der Waals surface area contributed by atoms with E-state index in [1.165, 1.54) is 23.2 Å². The SMILES string of the molecule is CC1(C)C(=O)N(c2ccc(OC(F)(F)F)cc2)C(=O)N1CCc1ccncc1C(=O)N1CCOCC1. The topological polar surface area (TPSA) is 92.3 Å². The molecule has 4 amide bonds. The van der Waals surface area contributed by atoms with E-state index in [9.17, 15) is 27.6 Å². The van der Waals surface area contributed by atoms with Crippen LogP contribution in [-0.4, -0.2) is 77.4 Å². The number of aromatic nitrogens is 1. The summed E-state index contributed by atoms with van der Waals surface area (Å²) in [6.07, 6.45) is -1.51. The van der Waals surface area contributed by atoms with Gasteiger partial charge in [-0.05, 0) is 56.2 Å². The zero-order valence-corrected chi connectivity index (χ0v) is 19.7. The monoisotopic (exact) mass is 506 g/mol. The Morgan fingerprint density at radius 1 is 1.11 bits per heavy atom. The molecule has 1 aromatic heterocycles. The molecule has 2 aliphatic rings. The number of ether oxygens (including phenoxy) is 2. The van der Waals surface area contributed by atoms with Crippen molar-refractivity contribution < 1.29 is 37.0 Å². The first-order valence-corrected chi connectivity index (χ1v) is 11.3. The van der Waals surface area contributed by atoms with Gasteiger partial charge in [0.15, 0.2) is 0 Å². The van der Waals surface area contributed by atoms with Crippen molar-refractivity contribution in [3.8, 4) is 5.75 Å². The van der Waals surface area contributed by atoms with Gasteiger partial charge in [-0.15, -0.1) is 13.2 Å². The summed E-state index contributed by atoms with van der Waals surface area (Å²) >= 11 is 0. The second kappa shape index (κ2) is 9.76. The third-order valence-electron chi connectivity index (χ3n) is 6.20. The molecule has 2 aromatic rings. The number of nitrogens with zero attached hydrogens (tertiary/aromatic N) is 4. The van der Waals surface area contributed by atoms with E-state index in [0.29, 0.717) is 43.9 Å². The molecule has 12 heteroatoms. The second-order valence-corrected chi connectivity index (χ2v) is 8.86. The van der Waals surface area contributed by atoms with Crippen molar-refractivity contribution in [3.63, 3.8) is 0 Å². The van der Waals surface area contributed by atoms with Crippen LogP contribution >= 0.6 is 0 Å². The summed E-state index contributed by atoms with van der Waals surface area (Å²) in [5.41, 5.74) is 0.0266. The van der Waals surface area contributed by atoms with E-state index >= 15 is 0 Å². The minimum absolute atomic E-state index is 0.127. The number of morpholine rings is 1. The summed E-state index contributed by atoms with van der Waals surface area (Å²) in [5, 5.41) is 0. The minimum atomic E-state index is -4.85. The number of hydrogen-bond acceptors (Lipinski definition) is 6. The number of benzene rings is 1. The molecule has 0 aliphatic carbocycles. The van der Waals surface area contributed by atoms with Crippen molar-refractivity contribution in [2.75, 3.05) is 37.7 Å². The highest BCUT2D eigenvalue weighted by Crippen LogP contribution is 2.34. The fourth-order valence-corrected chi connectivity index (χ4v) is 4.24. The van der Waals surface area contributed by atoms with Crippen LogP contribution in [0.3, 0.4) is 0 Å². The van der Waals surface area contributed by atoms with Crippen LogP contribution in [0.15, 0.2) is 42.7 Å². The molecule has 2 aliphatic heterocycles. The highest BCUT2D eigenvalue weighted by molar-refractivity contribution is 6.23. The quantitative estimate of drug-likeness (QED) is 0.559. The van der Waals surface area contributed by atoms with Crippen LogP contribution in [0.2, 0.25) is 0 Å². The van der Waals surface area contributed by atoms with Gasteiger partial charge in [-0.25, -0.2) is 9.69 Å². The Morgan fingerprint density at radius 2 is 1.78 bits per heavy atom. The lowest BCUT2D eigenvalue weighted by Gasteiger charge is -2.29. The fourth-order valence-electron chi connectivity index (χ4n) is 4.24. The predicted octanol–water partition coefficient (Wildman–Crippen LogP) is 3.24. The average molecular weight is 506 g/mol. The van der Waals surface area contributed by atoms with Gasteiger partial charge in [-0.2, -0.15) is 0 Å². The van der Waals surface area contributed by atoms with E-state index in [-0.39, 0.29) is 18.1 Å². The van der Waals surface area contributed by atoms with Crippen LogP contribution in [0.25, 0.3) is 0 Å². The summed E-state index contributed by atoms with van der Waals surface area (Å²) < 4.78 is 46.5. The Labute approximate surface area is 205 Å². The van der Waals surface area contributed by atoms with Crippen LogP contribution in [-0.2, 0) is 16.0 Å². The lowest BCUT2D eigenvalue weighted by Crippen LogP contribution is -2.45. The van der Waals surface area contributed by atoms with Gasteiger partial charge in [0, 0.05) is 32.0 Å². The van der Waals surface area contributed by atoms with Gasteiger partial charge in [0.25, 0.3) is 11.8 Å².